The van der Waals surface area contributed by atoms with E-state index in [2.05, 4.69) is 6.07 Å². The van der Waals surface area contributed by atoms with Crippen LogP contribution in [0.3, 0.4) is 0 Å². The average molecular weight is 247 g/mol. The molecule has 2 N–H and O–H groups in total. The zero-order valence-electron chi connectivity index (χ0n) is 10.9. The van der Waals surface area contributed by atoms with Gasteiger partial charge in [-0.2, -0.15) is 0 Å². The molecule has 0 atom stereocenters. The van der Waals surface area contributed by atoms with Crippen molar-refractivity contribution in [1.82, 2.24) is 0 Å². The molecule has 0 saturated heterocycles. The third-order valence-corrected chi connectivity index (χ3v) is 4.33. The molecule has 0 aromatic heterocycles. The number of rotatable bonds is 4. The molecule has 0 aliphatic heterocycles. The lowest BCUT2D eigenvalue weighted by molar-refractivity contribution is 0.116. The van der Waals surface area contributed by atoms with E-state index < -0.39 is 0 Å². The number of hydrogen-bond donors (Lipinski definition) is 1. The molecule has 2 aliphatic rings. The molecule has 0 spiro atoms. The Morgan fingerprint density at radius 3 is 2.44 bits per heavy atom. The predicted octanol–water partition coefficient (Wildman–Crippen LogP) is 2.96. The highest BCUT2D eigenvalue weighted by Crippen LogP contribution is 2.42. The minimum atomic E-state index is -0.137. The van der Waals surface area contributed by atoms with Crippen LogP contribution in [0, 0.1) is 0 Å². The molecular weight excluding hydrogens is 226 g/mol. The van der Waals surface area contributed by atoms with Gasteiger partial charge in [0.25, 0.3) is 0 Å². The second kappa shape index (κ2) is 4.47. The fourth-order valence-electron chi connectivity index (χ4n) is 2.59. The number of hydrogen-bond acceptors (Lipinski definition) is 3. The summed E-state index contributed by atoms with van der Waals surface area (Å²) in [5.41, 5.74) is 7.38. The summed E-state index contributed by atoms with van der Waals surface area (Å²) in [5.74, 6) is 1.67. The Morgan fingerprint density at radius 1 is 1.17 bits per heavy atom. The summed E-state index contributed by atoms with van der Waals surface area (Å²) in [6.07, 6.45) is 7.33. The Labute approximate surface area is 108 Å². The van der Waals surface area contributed by atoms with Crippen molar-refractivity contribution in [3.05, 3.63) is 23.8 Å². The molecule has 0 unspecified atom stereocenters. The first-order valence-corrected chi connectivity index (χ1v) is 6.85. The van der Waals surface area contributed by atoms with Crippen molar-refractivity contribution in [3.63, 3.8) is 0 Å². The Balaban J connectivity index is 1.82. The Bertz CT molecular complexity index is 436. The summed E-state index contributed by atoms with van der Waals surface area (Å²) in [5, 5.41) is 0. The van der Waals surface area contributed by atoms with Gasteiger partial charge >= 0.3 is 0 Å². The standard InChI is InChI=1S/C15H21NO2/c1-17-14-10-11(15(16)8-3-9-15)6-7-13(14)18-12-4-2-5-12/h6-7,10,12H,2-5,8-9,16H2,1H3. The Hall–Kier alpha value is -1.22. The van der Waals surface area contributed by atoms with Gasteiger partial charge in [-0.15, -0.1) is 0 Å². The van der Waals surface area contributed by atoms with E-state index in [4.69, 9.17) is 15.2 Å². The largest absolute Gasteiger partial charge is 0.493 e. The summed E-state index contributed by atoms with van der Waals surface area (Å²) >= 11 is 0. The molecule has 1 aromatic rings. The minimum absolute atomic E-state index is 0.137. The van der Waals surface area contributed by atoms with Crippen molar-refractivity contribution >= 4 is 0 Å². The summed E-state index contributed by atoms with van der Waals surface area (Å²) in [6.45, 7) is 0. The van der Waals surface area contributed by atoms with Crippen molar-refractivity contribution in [1.29, 1.82) is 0 Å². The van der Waals surface area contributed by atoms with Crippen LogP contribution < -0.4 is 15.2 Å². The van der Waals surface area contributed by atoms with Crippen molar-refractivity contribution < 1.29 is 9.47 Å². The molecule has 0 radical (unpaired) electrons. The Morgan fingerprint density at radius 2 is 1.94 bits per heavy atom. The fraction of sp³-hybridized carbons (Fsp3) is 0.600. The predicted molar refractivity (Wildman–Crippen MR) is 71.0 cm³/mol. The lowest BCUT2D eigenvalue weighted by Gasteiger charge is -2.39. The van der Waals surface area contributed by atoms with Crippen molar-refractivity contribution in [3.8, 4) is 11.5 Å². The molecule has 3 nitrogen and oxygen atoms in total. The lowest BCUT2D eigenvalue weighted by atomic mass is 9.73. The number of methoxy groups -OCH3 is 1. The van der Waals surface area contributed by atoms with Gasteiger partial charge in [-0.1, -0.05) is 6.07 Å². The van der Waals surface area contributed by atoms with Gasteiger partial charge in [-0.25, -0.2) is 0 Å². The molecule has 0 bridgehead atoms. The minimum Gasteiger partial charge on any atom is -0.493 e. The quantitative estimate of drug-likeness (QED) is 0.889. The monoisotopic (exact) mass is 247 g/mol. The number of nitrogens with two attached hydrogens (primary N) is 1. The maximum Gasteiger partial charge on any atom is 0.161 e. The smallest absolute Gasteiger partial charge is 0.161 e. The average Bonchev–Trinajstić information content (AvgIpc) is 2.30. The molecule has 1 aromatic carbocycles. The SMILES string of the molecule is COc1cc(C2(N)CCC2)ccc1OC1CCC1. The second-order valence-corrected chi connectivity index (χ2v) is 5.55. The highest BCUT2D eigenvalue weighted by molar-refractivity contribution is 5.45. The van der Waals surface area contributed by atoms with Crippen LogP contribution in [-0.4, -0.2) is 13.2 Å². The third kappa shape index (κ3) is 1.97. The molecule has 98 valence electrons. The summed E-state index contributed by atoms with van der Waals surface area (Å²) < 4.78 is 11.4. The van der Waals surface area contributed by atoms with Crippen LogP contribution in [0.1, 0.15) is 44.1 Å². The number of ether oxygens (including phenoxy) is 2. The van der Waals surface area contributed by atoms with Gasteiger partial charge in [0.1, 0.15) is 0 Å². The first kappa shape index (κ1) is 11.8. The molecule has 18 heavy (non-hydrogen) atoms. The zero-order valence-corrected chi connectivity index (χ0v) is 10.9. The normalized spacial score (nSPS) is 21.9. The van der Waals surface area contributed by atoms with Gasteiger partial charge in [0.15, 0.2) is 11.5 Å². The molecule has 2 fully saturated rings. The van der Waals surface area contributed by atoms with Crippen molar-refractivity contribution in [2.45, 2.75) is 50.2 Å². The summed E-state index contributed by atoms with van der Waals surface area (Å²) in [4.78, 5) is 0. The zero-order chi connectivity index (χ0) is 12.6. The molecule has 2 aliphatic carbocycles. The summed E-state index contributed by atoms with van der Waals surface area (Å²) in [6, 6.07) is 6.16. The molecule has 3 heteroatoms. The first-order valence-electron chi connectivity index (χ1n) is 6.85. The first-order chi connectivity index (χ1) is 8.71. The molecule has 0 heterocycles. The fourth-order valence-corrected chi connectivity index (χ4v) is 2.59. The molecule has 0 amide bonds. The van der Waals surface area contributed by atoms with Crippen molar-refractivity contribution in [2.75, 3.05) is 7.11 Å². The van der Waals surface area contributed by atoms with Crippen LogP contribution in [-0.2, 0) is 5.54 Å². The van der Waals surface area contributed by atoms with Gasteiger partial charge in [0.2, 0.25) is 0 Å². The van der Waals surface area contributed by atoms with Gasteiger partial charge in [0, 0.05) is 5.54 Å². The third-order valence-electron chi connectivity index (χ3n) is 4.33. The van der Waals surface area contributed by atoms with E-state index in [9.17, 15) is 0 Å². The van der Waals surface area contributed by atoms with Gasteiger partial charge in [-0.3, -0.25) is 0 Å². The van der Waals surface area contributed by atoms with Crippen LogP contribution in [0.25, 0.3) is 0 Å². The molecule has 2 saturated carbocycles. The van der Waals surface area contributed by atoms with E-state index in [0.717, 1.165) is 37.2 Å². The second-order valence-electron chi connectivity index (χ2n) is 5.55. The summed E-state index contributed by atoms with van der Waals surface area (Å²) in [7, 11) is 1.69. The van der Waals surface area contributed by atoms with Crippen LogP contribution in [0.2, 0.25) is 0 Å². The van der Waals surface area contributed by atoms with Crippen LogP contribution in [0.5, 0.6) is 11.5 Å². The van der Waals surface area contributed by atoms with Gasteiger partial charge in [-0.05, 0) is 56.2 Å². The maximum atomic E-state index is 6.34. The topological polar surface area (TPSA) is 44.5 Å². The highest BCUT2D eigenvalue weighted by Gasteiger charge is 2.35. The van der Waals surface area contributed by atoms with E-state index in [1.165, 1.54) is 18.4 Å². The highest BCUT2D eigenvalue weighted by atomic mass is 16.5. The van der Waals surface area contributed by atoms with E-state index in [1.54, 1.807) is 7.11 Å². The van der Waals surface area contributed by atoms with Crippen LogP contribution >= 0.6 is 0 Å². The van der Waals surface area contributed by atoms with E-state index in [1.807, 2.05) is 12.1 Å². The van der Waals surface area contributed by atoms with Gasteiger partial charge in [0.05, 0.1) is 13.2 Å². The van der Waals surface area contributed by atoms with Crippen LogP contribution in [0.15, 0.2) is 18.2 Å². The lowest BCUT2D eigenvalue weighted by Crippen LogP contribution is -2.43. The van der Waals surface area contributed by atoms with E-state index >= 15 is 0 Å². The molecule has 3 rings (SSSR count). The van der Waals surface area contributed by atoms with Crippen molar-refractivity contribution in [2.24, 2.45) is 5.73 Å². The maximum absolute atomic E-state index is 6.34. The van der Waals surface area contributed by atoms with Gasteiger partial charge < -0.3 is 15.2 Å². The van der Waals surface area contributed by atoms with Crippen LogP contribution in [0.4, 0.5) is 0 Å². The van der Waals surface area contributed by atoms with E-state index in [-0.39, 0.29) is 5.54 Å². The molecular formula is C15H21NO2. The van der Waals surface area contributed by atoms with E-state index in [0.29, 0.717) is 6.10 Å². The number of benzene rings is 1. The Kier molecular flexibility index (Phi) is 2.94.